The summed E-state index contributed by atoms with van der Waals surface area (Å²) < 4.78 is 12.9. The van der Waals surface area contributed by atoms with Crippen LogP contribution in [0.3, 0.4) is 0 Å². The van der Waals surface area contributed by atoms with E-state index in [1.54, 1.807) is 0 Å². The molecule has 226 valence electrons. The summed E-state index contributed by atoms with van der Waals surface area (Å²) in [6.07, 6.45) is 11.0. The van der Waals surface area contributed by atoms with Crippen molar-refractivity contribution in [3.05, 3.63) is 59.2 Å². The van der Waals surface area contributed by atoms with Crippen molar-refractivity contribution in [3.63, 3.8) is 0 Å². The molecule has 7 heteroatoms. The van der Waals surface area contributed by atoms with Crippen molar-refractivity contribution < 1.29 is 13.7 Å². The number of nitrogens with zero attached hydrogens (tertiary/aromatic N) is 2. The van der Waals surface area contributed by atoms with Gasteiger partial charge in [0.15, 0.2) is 5.82 Å². The second-order valence-corrected chi connectivity index (χ2v) is 24.3. The van der Waals surface area contributed by atoms with Crippen LogP contribution in [-0.2, 0) is 13.7 Å². The zero-order chi connectivity index (χ0) is 29.4. The second-order valence-electron chi connectivity index (χ2n) is 14.8. The van der Waals surface area contributed by atoms with Crippen LogP contribution in [0.25, 0.3) is 0 Å². The van der Waals surface area contributed by atoms with E-state index in [4.69, 9.17) is 13.7 Å². The molecule has 0 saturated carbocycles. The van der Waals surface area contributed by atoms with E-state index in [2.05, 4.69) is 105 Å². The monoisotopic (exact) mass is 586 g/mol. The van der Waals surface area contributed by atoms with Crippen LogP contribution >= 0.6 is 0 Å². The molecule has 2 atom stereocenters. The first kappa shape index (κ1) is 34.4. The fourth-order valence-corrected chi connectivity index (χ4v) is 6.49. The fourth-order valence-electron chi connectivity index (χ4n) is 4.37. The van der Waals surface area contributed by atoms with Crippen LogP contribution in [0, 0.1) is 6.92 Å². The molecule has 3 heterocycles. The van der Waals surface area contributed by atoms with Crippen LogP contribution in [0.5, 0.6) is 0 Å². The van der Waals surface area contributed by atoms with Gasteiger partial charge in [-0.05, 0) is 113 Å². The third-order valence-corrected chi connectivity index (χ3v) is 17.7. The van der Waals surface area contributed by atoms with Crippen molar-refractivity contribution >= 4 is 22.5 Å². The van der Waals surface area contributed by atoms with E-state index in [0.717, 1.165) is 42.3 Å². The summed E-state index contributed by atoms with van der Waals surface area (Å²) in [4.78, 5) is 10.9. The minimum Gasteiger partial charge on any atom is -0.545 e. The van der Waals surface area contributed by atoms with Gasteiger partial charge in [0.25, 0.3) is 0 Å². The van der Waals surface area contributed by atoms with Crippen LogP contribution in [0.4, 0.5) is 5.82 Å². The molecule has 0 aromatic carbocycles. The Hall–Kier alpha value is -1.84. The Balaban J connectivity index is 0.000000304. The Labute approximate surface area is 248 Å². The molecule has 4 aliphatic rings. The number of fused-ring (bicyclic) bond motifs is 2. The molecule has 0 spiro atoms. The molecule has 0 amide bonds. The summed E-state index contributed by atoms with van der Waals surface area (Å²) in [7, 11) is -3.51. The smallest absolute Gasteiger partial charge is 0.250 e. The fraction of sp³-hybridized carbons (Fsp3) is 0.667. The summed E-state index contributed by atoms with van der Waals surface area (Å²) in [6.45, 7) is 29.2. The lowest BCUT2D eigenvalue weighted by Crippen LogP contribution is -2.56. The number of hydroxylamine groups is 1. The molecule has 40 heavy (non-hydrogen) atoms. The highest BCUT2D eigenvalue weighted by Gasteiger charge is 2.48. The lowest BCUT2D eigenvalue weighted by Gasteiger charge is -2.51. The summed E-state index contributed by atoms with van der Waals surface area (Å²) in [5, 5.41) is 2.44. The quantitative estimate of drug-likeness (QED) is 0.321. The third kappa shape index (κ3) is 8.13. The number of aryl methyl sites for hydroxylation is 1. The van der Waals surface area contributed by atoms with E-state index < -0.39 is 16.6 Å². The Bertz CT molecular complexity index is 1130. The molecule has 5 nitrogen and oxygen atoms in total. The molecule has 2 bridgehead atoms. The normalized spacial score (nSPS) is 23.2. The first-order valence-electron chi connectivity index (χ1n) is 14.6. The standard InChI is InChI=1S/C19H30N2O2Si.C13H24OSi.CH4/c1-14-9-8-10-17(20-14)21-15-11-12-19(5,23-21)13-16(15)22-24(6,7)18(2,3)4;1-11-8-7-9-12(10-11)14-15(5,6)13(2,3)4;/h8-10,13,15H,11-12H2,1-7H3;9-10H,7-8H2,1-6H3;1H4. The van der Waals surface area contributed by atoms with E-state index in [1.165, 1.54) is 12.0 Å². The minimum atomic E-state index is -1.88. The minimum absolute atomic E-state index is 0. The van der Waals surface area contributed by atoms with Crippen LogP contribution < -0.4 is 5.06 Å². The Kier molecular flexibility index (Phi) is 10.5. The topological polar surface area (TPSA) is 43.8 Å². The van der Waals surface area contributed by atoms with Gasteiger partial charge in [0.2, 0.25) is 16.6 Å². The van der Waals surface area contributed by atoms with E-state index in [1.807, 2.05) is 30.2 Å². The van der Waals surface area contributed by atoms with Gasteiger partial charge < -0.3 is 8.85 Å². The van der Waals surface area contributed by atoms with Gasteiger partial charge in [-0.15, -0.1) is 0 Å². The van der Waals surface area contributed by atoms with Gasteiger partial charge in [-0.1, -0.05) is 60.6 Å². The second kappa shape index (κ2) is 12.2. The van der Waals surface area contributed by atoms with Crippen LogP contribution in [0.2, 0.25) is 36.3 Å². The van der Waals surface area contributed by atoms with Gasteiger partial charge in [-0.3, -0.25) is 4.84 Å². The molecule has 5 rings (SSSR count). The van der Waals surface area contributed by atoms with E-state index in [-0.39, 0.29) is 29.1 Å². The largest absolute Gasteiger partial charge is 0.545 e. The zero-order valence-corrected chi connectivity index (χ0v) is 29.0. The number of aromatic nitrogens is 1. The first-order chi connectivity index (χ1) is 17.7. The molecule has 2 aliphatic carbocycles. The van der Waals surface area contributed by atoms with Crippen LogP contribution in [0.15, 0.2) is 53.5 Å². The molecule has 2 unspecified atom stereocenters. The number of hydrogen-bond donors (Lipinski definition) is 0. The van der Waals surface area contributed by atoms with Crippen molar-refractivity contribution in [1.82, 2.24) is 4.98 Å². The summed E-state index contributed by atoms with van der Waals surface area (Å²) in [6, 6.07) is 6.18. The van der Waals surface area contributed by atoms with Crippen molar-refractivity contribution in [3.8, 4) is 0 Å². The predicted octanol–water partition coefficient (Wildman–Crippen LogP) is 10.2. The maximum atomic E-state index is 6.67. The number of anilines is 1. The van der Waals surface area contributed by atoms with Crippen molar-refractivity contribution in [2.24, 2.45) is 0 Å². The first-order valence-corrected chi connectivity index (χ1v) is 20.4. The van der Waals surface area contributed by atoms with Gasteiger partial charge in [-0.2, -0.15) is 0 Å². The summed E-state index contributed by atoms with van der Waals surface area (Å²) in [5.41, 5.74) is 2.13. The molecule has 0 N–H and O–H groups in total. The Morgan fingerprint density at radius 1 is 0.975 bits per heavy atom. The molecule has 1 fully saturated rings. The maximum absolute atomic E-state index is 6.67. The molecular weight excluding hydrogens is 529 g/mol. The molecule has 1 aromatic heterocycles. The Morgan fingerprint density at radius 3 is 2.10 bits per heavy atom. The number of allylic oxidation sites excluding steroid dienone is 3. The predicted molar refractivity (Wildman–Crippen MR) is 176 cm³/mol. The lowest BCUT2D eigenvalue weighted by molar-refractivity contribution is -0.0800. The van der Waals surface area contributed by atoms with Gasteiger partial charge in [0, 0.05) is 5.69 Å². The number of pyridine rings is 1. The SMILES string of the molecule is C.CC1=CC(O[Si](C)(C)C(C)(C)C)=CCC1.Cc1cccc(N2OC3(C)C=C(O[Si](C)(C)C(C)(C)C)C2CC3)n1. The van der Waals surface area contributed by atoms with Gasteiger partial charge in [0.05, 0.1) is 5.76 Å². The molecular formula is C33H58N2O3Si2. The number of rotatable bonds is 5. The average Bonchev–Trinajstić information content (AvgIpc) is 2.77. The molecule has 0 radical (unpaired) electrons. The van der Waals surface area contributed by atoms with Crippen LogP contribution in [-0.4, -0.2) is 33.3 Å². The molecule has 2 aliphatic heterocycles. The van der Waals surface area contributed by atoms with E-state index >= 15 is 0 Å². The van der Waals surface area contributed by atoms with Gasteiger partial charge in [0.1, 0.15) is 17.4 Å². The van der Waals surface area contributed by atoms with E-state index in [0.29, 0.717) is 0 Å². The lowest BCUT2D eigenvalue weighted by atomic mass is 9.87. The summed E-state index contributed by atoms with van der Waals surface area (Å²) >= 11 is 0. The third-order valence-electron chi connectivity index (χ3n) is 9.01. The molecule has 1 aromatic rings. The van der Waals surface area contributed by atoms with E-state index in [9.17, 15) is 0 Å². The number of hydrogen-bond acceptors (Lipinski definition) is 5. The molecule has 1 saturated heterocycles. The van der Waals surface area contributed by atoms with Crippen molar-refractivity contribution in [2.75, 3.05) is 5.06 Å². The Morgan fingerprint density at radius 2 is 1.57 bits per heavy atom. The zero-order valence-electron chi connectivity index (χ0n) is 27.0. The highest BCUT2D eigenvalue weighted by molar-refractivity contribution is 6.74. The van der Waals surface area contributed by atoms with Crippen molar-refractivity contribution in [1.29, 1.82) is 0 Å². The van der Waals surface area contributed by atoms with Crippen molar-refractivity contribution in [2.45, 2.75) is 143 Å². The highest BCUT2D eigenvalue weighted by atomic mass is 28.4. The maximum Gasteiger partial charge on any atom is 0.250 e. The van der Waals surface area contributed by atoms with Crippen LogP contribution in [0.1, 0.15) is 94.2 Å². The average molecular weight is 587 g/mol. The van der Waals surface area contributed by atoms with Gasteiger partial charge in [-0.25, -0.2) is 10.0 Å². The van der Waals surface area contributed by atoms with Gasteiger partial charge >= 0.3 is 0 Å². The summed E-state index contributed by atoms with van der Waals surface area (Å²) in [5.74, 6) is 3.05. The highest BCUT2D eigenvalue weighted by Crippen LogP contribution is 2.46.